The van der Waals surface area contributed by atoms with Gasteiger partial charge in [-0.3, -0.25) is 10.1 Å². The van der Waals surface area contributed by atoms with Gasteiger partial charge in [-0.25, -0.2) is 4.98 Å². The Bertz CT molecular complexity index is 495. The number of nitrogens with zero attached hydrogens (tertiary/aromatic N) is 2. The number of carboxylic acid groups (broad SMARTS) is 1. The zero-order valence-electron chi connectivity index (χ0n) is 12.0. The van der Waals surface area contributed by atoms with Gasteiger partial charge < -0.3 is 9.67 Å². The molecule has 5 heteroatoms. The van der Waals surface area contributed by atoms with Gasteiger partial charge in [-0.2, -0.15) is 0 Å². The van der Waals surface area contributed by atoms with Crippen LogP contribution in [-0.2, 0) is 11.2 Å². The molecule has 0 aromatic carbocycles. The Morgan fingerprint density at radius 2 is 2.35 bits per heavy atom. The van der Waals surface area contributed by atoms with Gasteiger partial charge >= 0.3 is 5.97 Å². The van der Waals surface area contributed by atoms with Crippen LogP contribution in [0.15, 0.2) is 12.4 Å². The topological polar surface area (TPSA) is 67.2 Å². The van der Waals surface area contributed by atoms with Crippen LogP contribution in [-0.4, -0.2) is 32.2 Å². The highest BCUT2D eigenvalue weighted by Gasteiger charge is 2.48. The molecule has 2 unspecified atom stereocenters. The second kappa shape index (κ2) is 5.20. The van der Waals surface area contributed by atoms with Gasteiger partial charge in [0.25, 0.3) is 0 Å². The van der Waals surface area contributed by atoms with Gasteiger partial charge in [0.1, 0.15) is 11.4 Å². The Morgan fingerprint density at radius 1 is 1.55 bits per heavy atom. The minimum atomic E-state index is -0.723. The number of aryl methyl sites for hydroxylation is 1. The van der Waals surface area contributed by atoms with Gasteiger partial charge in [0, 0.05) is 30.9 Å². The standard InChI is InChI=1S/C15H23N3O2/c1-2-3-13-16-8-9-18(13)12-6-7-15(10-12,14(19)20)17-11-4-5-11/h8-9,11-12,17H,2-7,10H2,1H3,(H,19,20). The molecule has 5 nitrogen and oxygen atoms in total. The fourth-order valence-corrected chi connectivity index (χ4v) is 3.36. The van der Waals surface area contributed by atoms with E-state index >= 15 is 0 Å². The van der Waals surface area contributed by atoms with Crippen molar-refractivity contribution in [1.29, 1.82) is 0 Å². The van der Waals surface area contributed by atoms with E-state index in [2.05, 4.69) is 21.8 Å². The molecule has 2 aliphatic rings. The van der Waals surface area contributed by atoms with E-state index in [9.17, 15) is 9.90 Å². The fourth-order valence-electron chi connectivity index (χ4n) is 3.36. The Balaban J connectivity index is 1.76. The Labute approximate surface area is 119 Å². The third-order valence-corrected chi connectivity index (χ3v) is 4.57. The molecule has 2 saturated carbocycles. The van der Waals surface area contributed by atoms with Crippen LogP contribution < -0.4 is 5.32 Å². The highest BCUT2D eigenvalue weighted by Crippen LogP contribution is 2.40. The molecule has 1 aromatic rings. The van der Waals surface area contributed by atoms with Crippen molar-refractivity contribution in [2.24, 2.45) is 0 Å². The van der Waals surface area contributed by atoms with Gasteiger partial charge in [0.05, 0.1) is 0 Å². The average Bonchev–Trinajstić information content (AvgIpc) is 2.93. The number of nitrogens with one attached hydrogen (secondary N) is 1. The van der Waals surface area contributed by atoms with Crippen molar-refractivity contribution >= 4 is 5.97 Å². The normalized spacial score (nSPS) is 29.8. The molecule has 20 heavy (non-hydrogen) atoms. The monoisotopic (exact) mass is 277 g/mol. The summed E-state index contributed by atoms with van der Waals surface area (Å²) < 4.78 is 2.20. The fraction of sp³-hybridized carbons (Fsp3) is 0.733. The molecule has 0 aliphatic heterocycles. The third kappa shape index (κ3) is 2.46. The molecule has 2 N–H and O–H groups in total. The van der Waals surface area contributed by atoms with Crippen molar-refractivity contribution in [1.82, 2.24) is 14.9 Å². The first kappa shape index (κ1) is 13.6. The summed E-state index contributed by atoms with van der Waals surface area (Å²) in [7, 11) is 0. The molecular formula is C15H23N3O2. The van der Waals surface area contributed by atoms with E-state index in [1.807, 2.05) is 12.4 Å². The summed E-state index contributed by atoms with van der Waals surface area (Å²) in [6.07, 6.45) is 10.4. The summed E-state index contributed by atoms with van der Waals surface area (Å²) >= 11 is 0. The highest BCUT2D eigenvalue weighted by atomic mass is 16.4. The maximum atomic E-state index is 11.7. The molecule has 1 aromatic heterocycles. The van der Waals surface area contributed by atoms with E-state index in [1.165, 1.54) is 0 Å². The van der Waals surface area contributed by atoms with Crippen molar-refractivity contribution < 1.29 is 9.90 Å². The first-order chi connectivity index (χ1) is 9.64. The SMILES string of the molecule is CCCc1nccn1C1CCC(NC2CC2)(C(=O)O)C1. The van der Waals surface area contributed by atoms with Gasteiger partial charge in [-0.1, -0.05) is 6.92 Å². The predicted molar refractivity (Wildman–Crippen MR) is 75.6 cm³/mol. The minimum absolute atomic E-state index is 0.265. The zero-order chi connectivity index (χ0) is 14.2. The van der Waals surface area contributed by atoms with Crippen LogP contribution in [0.4, 0.5) is 0 Å². The summed E-state index contributed by atoms with van der Waals surface area (Å²) in [6, 6.07) is 0.684. The highest BCUT2D eigenvalue weighted by molar-refractivity contribution is 5.79. The predicted octanol–water partition coefficient (Wildman–Crippen LogP) is 2.14. The number of aliphatic carboxylic acids is 1. The van der Waals surface area contributed by atoms with Crippen molar-refractivity contribution in [3.63, 3.8) is 0 Å². The molecular weight excluding hydrogens is 254 g/mol. The second-order valence-electron chi connectivity index (χ2n) is 6.20. The summed E-state index contributed by atoms with van der Waals surface area (Å²) in [6.45, 7) is 2.14. The summed E-state index contributed by atoms with van der Waals surface area (Å²) in [5.74, 6) is 0.397. The summed E-state index contributed by atoms with van der Waals surface area (Å²) in [5.41, 5.74) is -0.723. The number of rotatable bonds is 6. The molecule has 3 rings (SSSR count). The van der Waals surface area contributed by atoms with Crippen LogP contribution in [0.1, 0.15) is 57.3 Å². The molecule has 110 valence electrons. The van der Waals surface area contributed by atoms with Crippen LogP contribution in [0, 0.1) is 0 Å². The number of carboxylic acids is 1. The lowest BCUT2D eigenvalue weighted by Crippen LogP contribution is -2.51. The van der Waals surface area contributed by atoms with Crippen LogP contribution in [0.2, 0.25) is 0 Å². The van der Waals surface area contributed by atoms with Gasteiger partial charge in [-0.05, 0) is 38.5 Å². The van der Waals surface area contributed by atoms with Crippen LogP contribution in [0.5, 0.6) is 0 Å². The maximum Gasteiger partial charge on any atom is 0.323 e. The largest absolute Gasteiger partial charge is 0.480 e. The molecule has 0 saturated heterocycles. The lowest BCUT2D eigenvalue weighted by Gasteiger charge is -2.26. The van der Waals surface area contributed by atoms with Gasteiger partial charge in [0.15, 0.2) is 0 Å². The number of imidazole rings is 1. The third-order valence-electron chi connectivity index (χ3n) is 4.57. The molecule has 2 aliphatic carbocycles. The molecule has 0 amide bonds. The van der Waals surface area contributed by atoms with Crippen molar-refractivity contribution in [2.75, 3.05) is 0 Å². The van der Waals surface area contributed by atoms with Crippen molar-refractivity contribution in [3.05, 3.63) is 18.2 Å². The van der Waals surface area contributed by atoms with Crippen molar-refractivity contribution in [3.8, 4) is 0 Å². The van der Waals surface area contributed by atoms with E-state index in [4.69, 9.17) is 0 Å². The quantitative estimate of drug-likeness (QED) is 0.836. The summed E-state index contributed by atoms with van der Waals surface area (Å²) in [5, 5.41) is 13.0. The lowest BCUT2D eigenvalue weighted by atomic mass is 9.97. The second-order valence-corrected chi connectivity index (χ2v) is 6.20. The van der Waals surface area contributed by atoms with E-state index in [0.29, 0.717) is 18.9 Å². The van der Waals surface area contributed by atoms with Crippen LogP contribution >= 0.6 is 0 Å². The Hall–Kier alpha value is -1.36. The zero-order valence-corrected chi connectivity index (χ0v) is 12.0. The Morgan fingerprint density at radius 3 is 3.00 bits per heavy atom. The molecule has 2 fully saturated rings. The van der Waals surface area contributed by atoms with E-state index in [-0.39, 0.29) is 6.04 Å². The minimum Gasteiger partial charge on any atom is -0.480 e. The molecule has 0 radical (unpaired) electrons. The van der Waals surface area contributed by atoms with E-state index in [0.717, 1.165) is 37.9 Å². The van der Waals surface area contributed by atoms with E-state index < -0.39 is 11.5 Å². The van der Waals surface area contributed by atoms with Crippen LogP contribution in [0.25, 0.3) is 0 Å². The molecule has 0 spiro atoms. The smallest absolute Gasteiger partial charge is 0.323 e. The van der Waals surface area contributed by atoms with E-state index in [1.54, 1.807) is 0 Å². The van der Waals surface area contributed by atoms with Gasteiger partial charge in [0.2, 0.25) is 0 Å². The number of aromatic nitrogens is 2. The number of carbonyl (C=O) groups is 1. The van der Waals surface area contributed by atoms with Crippen molar-refractivity contribution in [2.45, 2.75) is 69.5 Å². The summed E-state index contributed by atoms with van der Waals surface area (Å²) in [4.78, 5) is 16.1. The number of hydrogen-bond donors (Lipinski definition) is 2. The number of hydrogen-bond acceptors (Lipinski definition) is 3. The average molecular weight is 277 g/mol. The molecule has 1 heterocycles. The van der Waals surface area contributed by atoms with Crippen LogP contribution in [0.3, 0.4) is 0 Å². The van der Waals surface area contributed by atoms with Gasteiger partial charge in [-0.15, -0.1) is 0 Å². The lowest BCUT2D eigenvalue weighted by molar-refractivity contribution is -0.144. The Kier molecular flexibility index (Phi) is 3.54. The molecule has 0 bridgehead atoms. The first-order valence-corrected chi connectivity index (χ1v) is 7.67. The maximum absolute atomic E-state index is 11.7. The first-order valence-electron chi connectivity index (χ1n) is 7.67. The molecule has 2 atom stereocenters.